The fraction of sp³-hybridized carbons (Fsp3) is 0.889. The topological polar surface area (TPSA) is 37.3 Å². The molecule has 0 bridgehead atoms. The van der Waals surface area contributed by atoms with Gasteiger partial charge in [0, 0.05) is 0 Å². The Kier molecular flexibility index (Phi) is 11.4. The summed E-state index contributed by atoms with van der Waals surface area (Å²) in [7, 11) is 0. The number of unbranched alkanes of at least 4 members (excludes halogenated alkanes) is 2. The first-order valence-corrected chi connectivity index (χ1v) is 4.45. The Bertz CT molecular complexity index is 115. The van der Waals surface area contributed by atoms with Crippen molar-refractivity contribution in [2.75, 3.05) is 0 Å². The van der Waals surface area contributed by atoms with Crippen LogP contribution in [0.4, 0.5) is 0 Å². The molecular weight excluding hydrogens is 267 g/mol. The maximum absolute atomic E-state index is 10.5. The summed E-state index contributed by atoms with van der Waals surface area (Å²) in [5.41, 5.74) is 0. The van der Waals surface area contributed by atoms with Crippen LogP contribution in [0.3, 0.4) is 0 Å². The third-order valence-electron chi connectivity index (χ3n) is 2.00. The van der Waals surface area contributed by atoms with Gasteiger partial charge in [0.2, 0.25) is 0 Å². The van der Waals surface area contributed by atoms with Crippen molar-refractivity contribution in [1.29, 1.82) is 0 Å². The Balaban J connectivity index is 0. The molecule has 0 aliphatic carbocycles. The van der Waals surface area contributed by atoms with E-state index in [2.05, 4.69) is 6.92 Å². The summed E-state index contributed by atoms with van der Waals surface area (Å²) < 4.78 is 0. The third kappa shape index (κ3) is 6.88. The summed E-state index contributed by atoms with van der Waals surface area (Å²) >= 11 is 0. The predicted octanol–water partition coefficient (Wildman–Crippen LogP) is 3.30. The minimum absolute atomic E-state index is 0. The van der Waals surface area contributed by atoms with Gasteiger partial charge in [-0.05, 0) is 12.8 Å². The Labute approximate surface area is 91.8 Å². The van der Waals surface area contributed by atoms with E-state index >= 15 is 0 Å². The highest BCUT2D eigenvalue weighted by atomic mass is 127. The first-order chi connectivity index (χ1) is 5.22. The SMILES string of the molecule is CCCCCC(CC)C(=O)O.I. The van der Waals surface area contributed by atoms with Crippen LogP contribution in [0.2, 0.25) is 0 Å². The second-order valence-electron chi connectivity index (χ2n) is 2.94. The van der Waals surface area contributed by atoms with Crippen molar-refractivity contribution in [3.63, 3.8) is 0 Å². The van der Waals surface area contributed by atoms with Gasteiger partial charge in [0.05, 0.1) is 5.92 Å². The van der Waals surface area contributed by atoms with Crippen LogP contribution in [-0.4, -0.2) is 11.1 Å². The molecule has 1 N–H and O–H groups in total. The first-order valence-electron chi connectivity index (χ1n) is 4.45. The molecule has 1 unspecified atom stereocenters. The molecule has 0 saturated carbocycles. The lowest BCUT2D eigenvalue weighted by atomic mass is 9.99. The summed E-state index contributed by atoms with van der Waals surface area (Å²) in [6.07, 6.45) is 4.99. The molecule has 0 aliphatic heterocycles. The van der Waals surface area contributed by atoms with E-state index in [1.165, 1.54) is 0 Å². The van der Waals surface area contributed by atoms with E-state index in [0.29, 0.717) is 0 Å². The molecule has 74 valence electrons. The molecule has 2 nitrogen and oxygen atoms in total. The molecule has 0 saturated heterocycles. The van der Waals surface area contributed by atoms with E-state index in [-0.39, 0.29) is 29.9 Å². The van der Waals surface area contributed by atoms with Crippen molar-refractivity contribution in [2.24, 2.45) is 5.92 Å². The lowest BCUT2D eigenvalue weighted by molar-refractivity contribution is -0.142. The van der Waals surface area contributed by atoms with Crippen molar-refractivity contribution in [1.82, 2.24) is 0 Å². The van der Waals surface area contributed by atoms with Crippen molar-refractivity contribution in [3.8, 4) is 0 Å². The van der Waals surface area contributed by atoms with Crippen molar-refractivity contribution < 1.29 is 9.90 Å². The van der Waals surface area contributed by atoms with Crippen molar-refractivity contribution in [2.45, 2.75) is 46.0 Å². The maximum atomic E-state index is 10.5. The van der Waals surface area contributed by atoms with Crippen LogP contribution in [0.25, 0.3) is 0 Å². The monoisotopic (exact) mass is 286 g/mol. The minimum Gasteiger partial charge on any atom is -0.481 e. The van der Waals surface area contributed by atoms with Crippen LogP contribution in [0.1, 0.15) is 46.0 Å². The van der Waals surface area contributed by atoms with E-state index in [1.807, 2.05) is 6.92 Å². The van der Waals surface area contributed by atoms with E-state index in [9.17, 15) is 4.79 Å². The van der Waals surface area contributed by atoms with Gasteiger partial charge in [-0.15, -0.1) is 24.0 Å². The molecule has 0 aromatic carbocycles. The molecule has 1 atom stereocenters. The average Bonchev–Trinajstić information content (AvgIpc) is 1.97. The van der Waals surface area contributed by atoms with Crippen LogP contribution >= 0.6 is 24.0 Å². The number of halogens is 1. The minimum atomic E-state index is -0.636. The summed E-state index contributed by atoms with van der Waals surface area (Å²) in [5.74, 6) is -0.745. The molecular formula is C9H19IO2. The second-order valence-corrected chi connectivity index (χ2v) is 2.94. The highest BCUT2D eigenvalue weighted by Crippen LogP contribution is 2.13. The van der Waals surface area contributed by atoms with Gasteiger partial charge in [-0.1, -0.05) is 33.1 Å². The van der Waals surface area contributed by atoms with Gasteiger partial charge in [-0.25, -0.2) is 0 Å². The molecule has 0 rings (SSSR count). The first kappa shape index (κ1) is 14.7. The number of carbonyl (C=O) groups is 1. The molecule has 0 aromatic heterocycles. The van der Waals surface area contributed by atoms with Gasteiger partial charge in [0.15, 0.2) is 0 Å². The van der Waals surface area contributed by atoms with E-state index < -0.39 is 5.97 Å². The van der Waals surface area contributed by atoms with Gasteiger partial charge < -0.3 is 5.11 Å². The predicted molar refractivity (Wildman–Crippen MR) is 61.0 cm³/mol. The van der Waals surface area contributed by atoms with Crippen LogP contribution in [0, 0.1) is 5.92 Å². The van der Waals surface area contributed by atoms with Crippen molar-refractivity contribution >= 4 is 29.9 Å². The normalized spacial score (nSPS) is 11.8. The Hall–Kier alpha value is 0.200. The quantitative estimate of drug-likeness (QED) is 0.601. The number of hydrogen-bond acceptors (Lipinski definition) is 1. The maximum Gasteiger partial charge on any atom is 0.306 e. The van der Waals surface area contributed by atoms with E-state index in [0.717, 1.165) is 32.1 Å². The Morgan fingerprint density at radius 2 is 1.92 bits per heavy atom. The fourth-order valence-electron chi connectivity index (χ4n) is 1.14. The number of carboxylic acid groups (broad SMARTS) is 1. The Morgan fingerprint density at radius 1 is 1.33 bits per heavy atom. The number of carboxylic acids is 1. The van der Waals surface area contributed by atoms with Crippen LogP contribution in [-0.2, 0) is 4.79 Å². The summed E-state index contributed by atoms with van der Waals surface area (Å²) in [5, 5.41) is 8.67. The summed E-state index contributed by atoms with van der Waals surface area (Å²) in [6, 6.07) is 0. The van der Waals surface area contributed by atoms with E-state index in [4.69, 9.17) is 5.11 Å². The third-order valence-corrected chi connectivity index (χ3v) is 2.00. The summed E-state index contributed by atoms with van der Waals surface area (Å²) in [6.45, 7) is 4.06. The van der Waals surface area contributed by atoms with Gasteiger partial charge in [-0.3, -0.25) is 4.79 Å². The van der Waals surface area contributed by atoms with E-state index in [1.54, 1.807) is 0 Å². The zero-order valence-electron chi connectivity index (χ0n) is 7.88. The Morgan fingerprint density at radius 3 is 2.25 bits per heavy atom. The molecule has 0 amide bonds. The largest absolute Gasteiger partial charge is 0.481 e. The van der Waals surface area contributed by atoms with Crippen LogP contribution in [0.15, 0.2) is 0 Å². The van der Waals surface area contributed by atoms with Gasteiger partial charge in [0.25, 0.3) is 0 Å². The zero-order valence-corrected chi connectivity index (χ0v) is 10.2. The molecule has 12 heavy (non-hydrogen) atoms. The van der Waals surface area contributed by atoms with Crippen LogP contribution in [0.5, 0.6) is 0 Å². The molecule has 0 aliphatic rings. The second kappa shape index (κ2) is 9.29. The molecule has 0 spiro atoms. The van der Waals surface area contributed by atoms with Gasteiger partial charge in [0.1, 0.15) is 0 Å². The highest BCUT2D eigenvalue weighted by molar-refractivity contribution is 14.0. The molecule has 3 heteroatoms. The highest BCUT2D eigenvalue weighted by Gasteiger charge is 2.13. The average molecular weight is 286 g/mol. The molecule has 0 fully saturated rings. The van der Waals surface area contributed by atoms with Gasteiger partial charge in [-0.2, -0.15) is 0 Å². The number of aliphatic carboxylic acids is 1. The number of hydrogen-bond donors (Lipinski definition) is 1. The van der Waals surface area contributed by atoms with Crippen molar-refractivity contribution in [3.05, 3.63) is 0 Å². The lowest BCUT2D eigenvalue weighted by Gasteiger charge is -2.07. The molecule has 0 aromatic rings. The fourth-order valence-corrected chi connectivity index (χ4v) is 1.14. The standard InChI is InChI=1S/C9H18O2.HI/c1-3-5-6-7-8(4-2)9(10)11;/h8H,3-7H2,1-2H3,(H,10,11);1H. The zero-order chi connectivity index (χ0) is 8.69. The van der Waals surface area contributed by atoms with Gasteiger partial charge >= 0.3 is 5.97 Å². The number of rotatable bonds is 6. The van der Waals surface area contributed by atoms with Crippen LogP contribution < -0.4 is 0 Å². The molecule has 0 radical (unpaired) electrons. The smallest absolute Gasteiger partial charge is 0.306 e. The summed E-state index contributed by atoms with van der Waals surface area (Å²) in [4.78, 5) is 10.5. The molecule has 0 heterocycles. The lowest BCUT2D eigenvalue weighted by Crippen LogP contribution is -2.12.